The van der Waals surface area contributed by atoms with Crippen molar-refractivity contribution in [3.63, 3.8) is 0 Å². The van der Waals surface area contributed by atoms with Crippen LogP contribution in [-0.4, -0.2) is 26.0 Å². The number of nitrogens with one attached hydrogen (secondary N) is 1. The van der Waals surface area contributed by atoms with Crippen LogP contribution in [-0.2, 0) is 16.6 Å². The molecule has 106 valence electrons. The lowest BCUT2D eigenvalue weighted by atomic mass is 10.2. The van der Waals surface area contributed by atoms with E-state index in [0.717, 1.165) is 18.4 Å². The highest BCUT2D eigenvalue weighted by Gasteiger charge is 2.42. The molecule has 0 spiro atoms. The molecule has 1 aromatic carbocycles. The summed E-state index contributed by atoms with van der Waals surface area (Å²) in [6.45, 7) is 0.806. The molecule has 4 nitrogen and oxygen atoms in total. The summed E-state index contributed by atoms with van der Waals surface area (Å²) in [5.41, 5.74) is 6.35. The van der Waals surface area contributed by atoms with E-state index in [1.807, 2.05) is 12.3 Å². The lowest BCUT2D eigenvalue weighted by Crippen LogP contribution is -2.32. The van der Waals surface area contributed by atoms with Gasteiger partial charge < -0.3 is 5.73 Å². The van der Waals surface area contributed by atoms with Crippen molar-refractivity contribution in [1.82, 2.24) is 4.72 Å². The molecule has 0 radical (unpaired) electrons. The van der Waals surface area contributed by atoms with E-state index in [9.17, 15) is 8.42 Å². The van der Waals surface area contributed by atoms with E-state index in [0.29, 0.717) is 17.6 Å². The Kier molecular flexibility index (Phi) is 4.62. The van der Waals surface area contributed by atoms with E-state index in [1.165, 1.54) is 0 Å². The van der Waals surface area contributed by atoms with Gasteiger partial charge in [0.2, 0.25) is 10.0 Å². The largest absolute Gasteiger partial charge is 0.326 e. The third-order valence-electron chi connectivity index (χ3n) is 3.35. The average molecular weight is 365 g/mol. The molecule has 7 heteroatoms. The molecule has 0 bridgehead atoms. The van der Waals surface area contributed by atoms with E-state index in [1.54, 1.807) is 23.9 Å². The zero-order valence-electron chi connectivity index (χ0n) is 10.6. The smallest absolute Gasteiger partial charge is 0.241 e. The van der Waals surface area contributed by atoms with Gasteiger partial charge in [-0.2, -0.15) is 11.8 Å². The molecule has 19 heavy (non-hydrogen) atoms. The first-order valence-electron chi connectivity index (χ1n) is 5.96. The molecule has 1 aliphatic rings. The predicted molar refractivity (Wildman–Crippen MR) is 82.7 cm³/mol. The number of benzene rings is 1. The first-order chi connectivity index (χ1) is 8.92. The van der Waals surface area contributed by atoms with Gasteiger partial charge in [-0.3, -0.25) is 0 Å². The van der Waals surface area contributed by atoms with E-state index < -0.39 is 10.0 Å². The highest BCUT2D eigenvalue weighted by Crippen LogP contribution is 2.46. The Morgan fingerprint density at radius 2 is 2.16 bits per heavy atom. The van der Waals surface area contributed by atoms with Crippen LogP contribution < -0.4 is 10.5 Å². The Morgan fingerprint density at radius 3 is 2.68 bits per heavy atom. The van der Waals surface area contributed by atoms with Gasteiger partial charge in [0.1, 0.15) is 0 Å². The zero-order chi connectivity index (χ0) is 14.1. The summed E-state index contributed by atoms with van der Waals surface area (Å²) in [7, 11) is -3.49. The van der Waals surface area contributed by atoms with Gasteiger partial charge >= 0.3 is 0 Å². The van der Waals surface area contributed by atoms with Gasteiger partial charge in [0.15, 0.2) is 0 Å². The minimum Gasteiger partial charge on any atom is -0.326 e. The third-order valence-corrected chi connectivity index (χ3v) is 7.16. The molecule has 0 aromatic heterocycles. The minimum atomic E-state index is -3.49. The number of sulfonamides is 1. The molecular weight excluding hydrogens is 348 g/mol. The van der Waals surface area contributed by atoms with Crippen molar-refractivity contribution in [2.45, 2.75) is 29.0 Å². The molecule has 0 amide bonds. The van der Waals surface area contributed by atoms with Gasteiger partial charge in [-0.25, -0.2) is 13.1 Å². The summed E-state index contributed by atoms with van der Waals surface area (Å²) in [4.78, 5) is 0.257. The topological polar surface area (TPSA) is 72.2 Å². The van der Waals surface area contributed by atoms with E-state index in [-0.39, 0.29) is 9.64 Å². The van der Waals surface area contributed by atoms with Gasteiger partial charge in [-0.15, -0.1) is 0 Å². The van der Waals surface area contributed by atoms with Crippen LogP contribution in [0, 0.1) is 0 Å². The number of hydrogen-bond acceptors (Lipinski definition) is 4. The Balaban J connectivity index is 2.19. The number of nitrogens with two attached hydrogens (primary N) is 1. The van der Waals surface area contributed by atoms with E-state index in [4.69, 9.17) is 5.73 Å². The Morgan fingerprint density at radius 1 is 1.47 bits per heavy atom. The average Bonchev–Trinajstić information content (AvgIpc) is 3.18. The summed E-state index contributed by atoms with van der Waals surface area (Å²) in [5.74, 6) is 0. The maximum atomic E-state index is 12.3. The summed E-state index contributed by atoms with van der Waals surface area (Å²) in [6.07, 6.45) is 4.16. The number of halogens is 1. The van der Waals surface area contributed by atoms with Crippen LogP contribution in [0.15, 0.2) is 27.6 Å². The molecule has 1 fully saturated rings. The Bertz CT molecular complexity index is 571. The number of rotatable bonds is 6. The van der Waals surface area contributed by atoms with Gasteiger partial charge in [0.25, 0.3) is 0 Å². The van der Waals surface area contributed by atoms with Crippen molar-refractivity contribution in [2.24, 2.45) is 5.73 Å². The SMILES string of the molecule is CSC1(CNS(=O)(=O)c2cc(CN)ccc2Br)CC1. The fourth-order valence-electron chi connectivity index (χ4n) is 1.78. The van der Waals surface area contributed by atoms with E-state index >= 15 is 0 Å². The number of thioether (sulfide) groups is 1. The van der Waals surface area contributed by atoms with Crippen LogP contribution >= 0.6 is 27.7 Å². The van der Waals surface area contributed by atoms with Gasteiger partial charge in [-0.1, -0.05) is 6.07 Å². The minimum absolute atomic E-state index is 0.102. The maximum absolute atomic E-state index is 12.3. The van der Waals surface area contributed by atoms with Crippen LogP contribution in [0.5, 0.6) is 0 Å². The quantitative estimate of drug-likeness (QED) is 0.810. The molecule has 0 unspecified atom stereocenters. The lowest BCUT2D eigenvalue weighted by molar-refractivity contribution is 0.579. The monoisotopic (exact) mass is 364 g/mol. The summed E-state index contributed by atoms with van der Waals surface area (Å²) in [6, 6.07) is 5.15. The third kappa shape index (κ3) is 3.52. The highest BCUT2D eigenvalue weighted by atomic mass is 79.9. The summed E-state index contributed by atoms with van der Waals surface area (Å²) < 4.78 is 28.0. The number of hydrogen-bond donors (Lipinski definition) is 2. The highest BCUT2D eigenvalue weighted by molar-refractivity contribution is 9.10. The van der Waals surface area contributed by atoms with Crippen molar-refractivity contribution >= 4 is 37.7 Å². The molecule has 0 saturated heterocycles. The fourth-order valence-corrected chi connectivity index (χ4v) is 4.73. The summed E-state index contributed by atoms with van der Waals surface area (Å²) in [5, 5.41) is 0. The molecule has 3 N–H and O–H groups in total. The second-order valence-electron chi connectivity index (χ2n) is 4.68. The fraction of sp³-hybridized carbons (Fsp3) is 0.500. The van der Waals surface area contributed by atoms with Crippen molar-refractivity contribution in [1.29, 1.82) is 0 Å². The molecule has 2 rings (SSSR count). The normalized spacial score (nSPS) is 17.4. The predicted octanol–water partition coefficient (Wildman–Crippen LogP) is 2.08. The van der Waals surface area contributed by atoms with E-state index in [2.05, 4.69) is 20.7 Å². The second-order valence-corrected chi connectivity index (χ2v) is 8.54. The lowest BCUT2D eigenvalue weighted by Gasteiger charge is -2.14. The van der Waals surface area contributed by atoms with Crippen LogP contribution in [0.4, 0.5) is 0 Å². The first-order valence-corrected chi connectivity index (χ1v) is 9.46. The van der Waals surface area contributed by atoms with Gasteiger partial charge in [-0.05, 0) is 52.7 Å². The maximum Gasteiger partial charge on any atom is 0.241 e. The van der Waals surface area contributed by atoms with Crippen LogP contribution in [0.1, 0.15) is 18.4 Å². The molecule has 0 atom stereocenters. The van der Waals surface area contributed by atoms with Crippen LogP contribution in [0.25, 0.3) is 0 Å². The van der Waals surface area contributed by atoms with Crippen molar-refractivity contribution in [2.75, 3.05) is 12.8 Å². The van der Waals surface area contributed by atoms with Crippen molar-refractivity contribution in [3.05, 3.63) is 28.2 Å². The Labute approximate surface area is 126 Å². The van der Waals surface area contributed by atoms with Crippen molar-refractivity contribution in [3.8, 4) is 0 Å². The summed E-state index contributed by atoms with van der Waals surface area (Å²) >= 11 is 5.01. The molecule has 1 aliphatic carbocycles. The molecular formula is C12H17BrN2O2S2. The van der Waals surface area contributed by atoms with Crippen molar-refractivity contribution < 1.29 is 8.42 Å². The van der Waals surface area contributed by atoms with Gasteiger partial charge in [0, 0.05) is 22.3 Å². The standard InChI is InChI=1S/C12H17BrN2O2S2/c1-18-12(4-5-12)8-15-19(16,17)11-6-9(7-14)2-3-10(11)13/h2-3,6,15H,4-5,7-8,14H2,1H3. The first kappa shape index (κ1) is 15.3. The molecule has 1 aromatic rings. The van der Waals surface area contributed by atoms with Gasteiger partial charge in [0.05, 0.1) is 4.90 Å². The van der Waals surface area contributed by atoms with Crippen LogP contribution in [0.2, 0.25) is 0 Å². The Hall–Kier alpha value is -0.0800. The molecule has 1 saturated carbocycles. The zero-order valence-corrected chi connectivity index (χ0v) is 13.9. The molecule has 0 heterocycles. The molecule has 0 aliphatic heterocycles. The second kappa shape index (κ2) is 5.73. The van der Waals surface area contributed by atoms with Crippen LogP contribution in [0.3, 0.4) is 0 Å².